The highest BCUT2D eigenvalue weighted by Gasteiger charge is 2.20. The van der Waals surface area contributed by atoms with Crippen LogP contribution >= 0.6 is 11.6 Å². The van der Waals surface area contributed by atoms with E-state index in [0.717, 1.165) is 0 Å². The molecule has 3 aromatic rings. The van der Waals surface area contributed by atoms with Gasteiger partial charge in [-0.3, -0.25) is 19.6 Å². The number of benzene rings is 2. The fourth-order valence-electron chi connectivity index (χ4n) is 2.60. The third kappa shape index (κ3) is 4.16. The standard InChI is InChI=1S/C19H14ClN5O3/c20-16-7-1-2-8-17(16)22-19(26)15-12-24(10-4-9-21)23-18(15)13-5-3-6-14(11-13)25(27)28/h1-3,5-8,11-12H,4,10H2,(H,22,26). The molecule has 0 fully saturated rings. The fraction of sp³-hybridized carbons (Fsp3) is 0.105. The lowest BCUT2D eigenvalue weighted by Gasteiger charge is -2.07. The van der Waals surface area contributed by atoms with E-state index in [4.69, 9.17) is 16.9 Å². The van der Waals surface area contributed by atoms with Gasteiger partial charge in [0, 0.05) is 23.9 Å². The summed E-state index contributed by atoms with van der Waals surface area (Å²) in [5, 5.41) is 27.3. The van der Waals surface area contributed by atoms with Crippen LogP contribution in [0, 0.1) is 21.4 Å². The number of nitrogens with one attached hydrogen (secondary N) is 1. The fourth-order valence-corrected chi connectivity index (χ4v) is 2.78. The second-order valence-electron chi connectivity index (χ2n) is 5.80. The van der Waals surface area contributed by atoms with Crippen molar-refractivity contribution in [2.75, 3.05) is 5.32 Å². The number of rotatable bonds is 6. The summed E-state index contributed by atoms with van der Waals surface area (Å²) in [5.74, 6) is -0.460. The molecule has 0 radical (unpaired) electrons. The summed E-state index contributed by atoms with van der Waals surface area (Å²) in [6, 6.07) is 14.7. The first-order chi connectivity index (χ1) is 13.5. The highest BCUT2D eigenvalue weighted by molar-refractivity contribution is 6.34. The molecule has 0 bridgehead atoms. The van der Waals surface area contributed by atoms with Gasteiger partial charge in [-0.05, 0) is 12.1 Å². The van der Waals surface area contributed by atoms with Gasteiger partial charge < -0.3 is 5.32 Å². The van der Waals surface area contributed by atoms with E-state index in [-0.39, 0.29) is 29.9 Å². The topological polar surface area (TPSA) is 114 Å². The van der Waals surface area contributed by atoms with Crippen LogP contribution in [0.5, 0.6) is 0 Å². The number of para-hydroxylation sites is 1. The summed E-state index contributed by atoms with van der Waals surface area (Å²) >= 11 is 6.10. The van der Waals surface area contributed by atoms with Gasteiger partial charge in [0.1, 0.15) is 5.69 Å². The van der Waals surface area contributed by atoms with Crippen LogP contribution in [0.1, 0.15) is 16.8 Å². The molecule has 1 aromatic heterocycles. The Hall–Kier alpha value is -3.70. The number of non-ortho nitro benzene ring substituents is 1. The van der Waals surface area contributed by atoms with Gasteiger partial charge in [-0.25, -0.2) is 0 Å². The molecule has 0 spiro atoms. The minimum Gasteiger partial charge on any atom is -0.321 e. The van der Waals surface area contributed by atoms with Gasteiger partial charge in [0.2, 0.25) is 0 Å². The van der Waals surface area contributed by atoms with E-state index in [2.05, 4.69) is 10.4 Å². The van der Waals surface area contributed by atoms with Crippen molar-refractivity contribution in [2.45, 2.75) is 13.0 Å². The van der Waals surface area contributed by atoms with Gasteiger partial charge in [0.05, 0.1) is 40.2 Å². The van der Waals surface area contributed by atoms with E-state index >= 15 is 0 Å². The number of hydrogen-bond donors (Lipinski definition) is 1. The molecular weight excluding hydrogens is 382 g/mol. The van der Waals surface area contributed by atoms with Crippen molar-refractivity contribution in [3.8, 4) is 17.3 Å². The van der Waals surface area contributed by atoms with E-state index in [9.17, 15) is 14.9 Å². The SMILES string of the molecule is N#CCCn1cc(C(=O)Nc2ccccc2Cl)c(-c2cccc([N+](=O)[O-])c2)n1. The van der Waals surface area contributed by atoms with Gasteiger partial charge in [0.25, 0.3) is 11.6 Å². The average Bonchev–Trinajstić information content (AvgIpc) is 3.12. The number of carbonyl (C=O) groups excluding carboxylic acids is 1. The van der Waals surface area contributed by atoms with Gasteiger partial charge in [0.15, 0.2) is 0 Å². The molecule has 0 atom stereocenters. The molecular formula is C19H14ClN5O3. The number of nitro groups is 1. The Bertz CT molecular complexity index is 1090. The van der Waals surface area contributed by atoms with Gasteiger partial charge >= 0.3 is 0 Å². The predicted octanol–water partition coefficient (Wildman–Crippen LogP) is 4.28. The largest absolute Gasteiger partial charge is 0.321 e. The number of hydrogen-bond acceptors (Lipinski definition) is 5. The summed E-state index contributed by atoms with van der Waals surface area (Å²) in [7, 11) is 0. The molecule has 0 aliphatic rings. The third-order valence-corrected chi connectivity index (χ3v) is 4.24. The lowest BCUT2D eigenvalue weighted by Crippen LogP contribution is -2.12. The highest BCUT2D eigenvalue weighted by atomic mass is 35.5. The predicted molar refractivity (Wildman–Crippen MR) is 104 cm³/mol. The van der Waals surface area contributed by atoms with Crippen LogP contribution in [0.15, 0.2) is 54.7 Å². The zero-order valence-electron chi connectivity index (χ0n) is 14.5. The Kier molecular flexibility index (Phi) is 5.67. The molecule has 140 valence electrons. The van der Waals surface area contributed by atoms with Crippen LogP contribution in [0.4, 0.5) is 11.4 Å². The summed E-state index contributed by atoms with van der Waals surface area (Å²) in [5.41, 5.74) is 1.25. The number of nitriles is 1. The Morgan fingerprint density at radius 3 is 2.79 bits per heavy atom. The highest BCUT2D eigenvalue weighted by Crippen LogP contribution is 2.28. The Morgan fingerprint density at radius 2 is 2.07 bits per heavy atom. The van der Waals surface area contributed by atoms with Crippen LogP contribution < -0.4 is 5.32 Å². The molecule has 0 saturated carbocycles. The molecule has 3 rings (SSSR count). The van der Waals surface area contributed by atoms with E-state index in [1.54, 1.807) is 30.3 Å². The van der Waals surface area contributed by atoms with Gasteiger partial charge in [-0.1, -0.05) is 35.9 Å². The summed E-state index contributed by atoms with van der Waals surface area (Å²) in [4.78, 5) is 23.4. The van der Waals surface area contributed by atoms with Crippen molar-refractivity contribution in [2.24, 2.45) is 0 Å². The number of carbonyl (C=O) groups is 1. The van der Waals surface area contributed by atoms with Crippen molar-refractivity contribution in [3.05, 3.63) is 75.4 Å². The van der Waals surface area contributed by atoms with Crippen molar-refractivity contribution in [1.29, 1.82) is 5.26 Å². The minimum absolute atomic E-state index is 0.110. The van der Waals surface area contributed by atoms with Crippen LogP contribution in [-0.4, -0.2) is 20.6 Å². The first kappa shape index (κ1) is 19.1. The van der Waals surface area contributed by atoms with E-state index in [1.807, 2.05) is 6.07 Å². The van der Waals surface area contributed by atoms with E-state index in [1.165, 1.54) is 29.1 Å². The maximum Gasteiger partial charge on any atom is 0.270 e. The Morgan fingerprint density at radius 1 is 1.29 bits per heavy atom. The number of halogens is 1. The van der Waals surface area contributed by atoms with E-state index in [0.29, 0.717) is 16.3 Å². The number of amides is 1. The van der Waals surface area contributed by atoms with E-state index < -0.39 is 10.8 Å². The molecule has 2 aromatic carbocycles. The molecule has 8 nitrogen and oxygen atoms in total. The monoisotopic (exact) mass is 395 g/mol. The Labute approximate surface area is 165 Å². The number of anilines is 1. The lowest BCUT2D eigenvalue weighted by molar-refractivity contribution is -0.384. The van der Waals surface area contributed by atoms with Crippen molar-refractivity contribution in [3.63, 3.8) is 0 Å². The van der Waals surface area contributed by atoms with Crippen LogP contribution in [0.2, 0.25) is 5.02 Å². The van der Waals surface area contributed by atoms with Crippen LogP contribution in [0.25, 0.3) is 11.3 Å². The second kappa shape index (κ2) is 8.33. The molecule has 0 aliphatic heterocycles. The third-order valence-electron chi connectivity index (χ3n) is 3.91. The van der Waals surface area contributed by atoms with Gasteiger partial charge in [-0.15, -0.1) is 0 Å². The smallest absolute Gasteiger partial charge is 0.270 e. The quantitative estimate of drug-likeness (QED) is 0.494. The maximum absolute atomic E-state index is 12.8. The van der Waals surface area contributed by atoms with Crippen molar-refractivity contribution < 1.29 is 9.72 Å². The number of aryl methyl sites for hydroxylation is 1. The normalized spacial score (nSPS) is 10.3. The maximum atomic E-state index is 12.8. The summed E-state index contributed by atoms with van der Waals surface area (Å²) in [6.45, 7) is 0.289. The van der Waals surface area contributed by atoms with Crippen molar-refractivity contribution in [1.82, 2.24) is 9.78 Å². The van der Waals surface area contributed by atoms with Crippen LogP contribution in [0.3, 0.4) is 0 Å². The second-order valence-corrected chi connectivity index (χ2v) is 6.21. The lowest BCUT2D eigenvalue weighted by atomic mass is 10.1. The van der Waals surface area contributed by atoms with Crippen LogP contribution in [-0.2, 0) is 6.54 Å². The van der Waals surface area contributed by atoms with Gasteiger partial charge in [-0.2, -0.15) is 10.4 Å². The molecule has 0 saturated heterocycles. The summed E-state index contributed by atoms with van der Waals surface area (Å²) < 4.78 is 1.47. The number of aromatic nitrogens is 2. The number of nitro benzene ring substituents is 1. The zero-order chi connectivity index (χ0) is 20.1. The van der Waals surface area contributed by atoms with Crippen molar-refractivity contribution >= 4 is 28.9 Å². The Balaban J connectivity index is 2.02. The molecule has 0 aliphatic carbocycles. The minimum atomic E-state index is -0.514. The zero-order valence-corrected chi connectivity index (χ0v) is 15.3. The molecule has 28 heavy (non-hydrogen) atoms. The first-order valence-electron chi connectivity index (χ1n) is 8.24. The molecule has 1 heterocycles. The molecule has 9 heteroatoms. The first-order valence-corrected chi connectivity index (χ1v) is 8.62. The summed E-state index contributed by atoms with van der Waals surface area (Å²) in [6.07, 6.45) is 1.72. The average molecular weight is 396 g/mol. The number of nitrogens with zero attached hydrogens (tertiary/aromatic N) is 4. The molecule has 1 N–H and O–H groups in total. The molecule has 1 amide bonds. The molecule has 0 unspecified atom stereocenters.